The number of hydrogen-bond acceptors (Lipinski definition) is 2. The largest absolute Gasteiger partial charge is 0.303 e. The predicted molar refractivity (Wildman–Crippen MR) is 134 cm³/mol. The van der Waals surface area contributed by atoms with Crippen molar-refractivity contribution in [3.8, 4) is 0 Å². The Bertz CT molecular complexity index is 1040. The van der Waals surface area contributed by atoms with Crippen LogP contribution in [0.4, 0.5) is 0 Å². The molecule has 3 aromatic carbocycles. The van der Waals surface area contributed by atoms with Gasteiger partial charge in [0.15, 0.2) is 5.78 Å². The Kier molecular flexibility index (Phi) is 7.67. The molecule has 3 aromatic rings. The lowest BCUT2D eigenvalue weighted by Gasteiger charge is -2.42. The van der Waals surface area contributed by atoms with Gasteiger partial charge in [0.05, 0.1) is 5.02 Å². The monoisotopic (exact) mass is 465 g/mol. The third-order valence-electron chi connectivity index (χ3n) is 6.86. The van der Waals surface area contributed by atoms with E-state index in [1.54, 1.807) is 6.07 Å². The molecule has 166 valence electrons. The molecule has 0 bridgehead atoms. The van der Waals surface area contributed by atoms with Crippen molar-refractivity contribution in [3.05, 3.63) is 106 Å². The number of ketones is 1. The van der Waals surface area contributed by atoms with Crippen LogP contribution in [0.1, 0.15) is 47.2 Å². The van der Waals surface area contributed by atoms with Crippen molar-refractivity contribution in [2.24, 2.45) is 0 Å². The van der Waals surface area contributed by atoms with Gasteiger partial charge in [0, 0.05) is 23.6 Å². The summed E-state index contributed by atoms with van der Waals surface area (Å²) in [6.07, 6.45) is 4.42. The SMILES string of the molecule is O=C(CCC1(c2ccccc2)CCN(CCc2ccccc2Cl)CC1)c1ccccc1Cl. The van der Waals surface area contributed by atoms with Crippen molar-refractivity contribution in [2.45, 2.75) is 37.5 Å². The van der Waals surface area contributed by atoms with Gasteiger partial charge in [-0.15, -0.1) is 0 Å². The standard InChI is InChI=1S/C28H29Cl2NO/c29-25-12-6-4-8-22(25)15-19-31-20-17-28(18-21-31,23-9-2-1-3-10-23)16-14-27(32)24-11-5-7-13-26(24)30/h1-13H,14-21H2. The molecule has 1 aliphatic heterocycles. The smallest absolute Gasteiger partial charge is 0.164 e. The van der Waals surface area contributed by atoms with Crippen molar-refractivity contribution in [3.63, 3.8) is 0 Å². The van der Waals surface area contributed by atoms with E-state index in [0.717, 1.165) is 50.3 Å². The van der Waals surface area contributed by atoms with E-state index in [2.05, 4.69) is 41.3 Å². The van der Waals surface area contributed by atoms with Gasteiger partial charge < -0.3 is 4.90 Å². The summed E-state index contributed by atoms with van der Waals surface area (Å²) in [5, 5.41) is 1.39. The molecule has 32 heavy (non-hydrogen) atoms. The molecule has 0 saturated carbocycles. The Balaban J connectivity index is 1.42. The first-order valence-corrected chi connectivity index (χ1v) is 12.1. The molecule has 0 unspecified atom stereocenters. The Morgan fingerprint density at radius 3 is 2.12 bits per heavy atom. The number of halogens is 2. The molecular weight excluding hydrogens is 437 g/mol. The number of Topliss-reactive ketones (excluding diaryl/α,β-unsaturated/α-hetero) is 1. The number of likely N-dealkylation sites (tertiary alicyclic amines) is 1. The van der Waals surface area contributed by atoms with E-state index in [0.29, 0.717) is 17.0 Å². The van der Waals surface area contributed by atoms with Crippen molar-refractivity contribution >= 4 is 29.0 Å². The number of carbonyl (C=O) groups is 1. The molecule has 0 aromatic heterocycles. The molecule has 0 N–H and O–H groups in total. The lowest BCUT2D eigenvalue weighted by atomic mass is 9.69. The van der Waals surface area contributed by atoms with Crippen LogP contribution in [0.5, 0.6) is 0 Å². The summed E-state index contributed by atoms with van der Waals surface area (Å²) < 4.78 is 0. The molecule has 0 atom stereocenters. The first-order chi connectivity index (χ1) is 15.6. The highest BCUT2D eigenvalue weighted by molar-refractivity contribution is 6.34. The average Bonchev–Trinajstić information content (AvgIpc) is 2.84. The molecule has 1 saturated heterocycles. The Labute approximate surface area is 201 Å². The van der Waals surface area contributed by atoms with Crippen LogP contribution in [0.25, 0.3) is 0 Å². The van der Waals surface area contributed by atoms with E-state index in [-0.39, 0.29) is 11.2 Å². The van der Waals surface area contributed by atoms with Gasteiger partial charge in [-0.1, -0.05) is 83.9 Å². The van der Waals surface area contributed by atoms with Crippen LogP contribution in [0.2, 0.25) is 10.0 Å². The minimum Gasteiger partial charge on any atom is -0.303 e. The number of piperidine rings is 1. The minimum absolute atomic E-state index is 0.0269. The molecule has 2 nitrogen and oxygen atoms in total. The maximum absolute atomic E-state index is 12.9. The second kappa shape index (κ2) is 10.7. The van der Waals surface area contributed by atoms with Crippen LogP contribution in [-0.2, 0) is 11.8 Å². The van der Waals surface area contributed by atoms with Crippen molar-refractivity contribution in [1.82, 2.24) is 4.90 Å². The fourth-order valence-electron chi connectivity index (χ4n) is 4.83. The highest BCUT2D eigenvalue weighted by Gasteiger charge is 2.36. The van der Waals surface area contributed by atoms with Gasteiger partial charge in [-0.05, 0) is 73.5 Å². The fourth-order valence-corrected chi connectivity index (χ4v) is 5.31. The summed E-state index contributed by atoms with van der Waals surface area (Å²) in [6.45, 7) is 3.06. The normalized spacial score (nSPS) is 16.1. The number of benzene rings is 3. The van der Waals surface area contributed by atoms with E-state index >= 15 is 0 Å². The molecule has 1 aliphatic rings. The van der Waals surface area contributed by atoms with Crippen molar-refractivity contribution < 1.29 is 4.79 Å². The maximum Gasteiger partial charge on any atom is 0.164 e. The summed E-state index contributed by atoms with van der Waals surface area (Å²) >= 11 is 12.6. The topological polar surface area (TPSA) is 20.3 Å². The average molecular weight is 466 g/mol. The quantitative estimate of drug-likeness (QED) is 0.326. The Morgan fingerprint density at radius 2 is 1.44 bits per heavy atom. The van der Waals surface area contributed by atoms with E-state index in [4.69, 9.17) is 23.2 Å². The van der Waals surface area contributed by atoms with Gasteiger partial charge in [-0.3, -0.25) is 4.79 Å². The molecular formula is C28H29Cl2NO. The highest BCUT2D eigenvalue weighted by atomic mass is 35.5. The fraction of sp³-hybridized carbons (Fsp3) is 0.321. The summed E-state index contributed by atoms with van der Waals surface area (Å²) in [7, 11) is 0. The maximum atomic E-state index is 12.9. The van der Waals surface area contributed by atoms with Gasteiger partial charge in [0.25, 0.3) is 0 Å². The summed E-state index contributed by atoms with van der Waals surface area (Å²) in [4.78, 5) is 15.5. The van der Waals surface area contributed by atoms with E-state index in [1.807, 2.05) is 36.4 Å². The third-order valence-corrected chi connectivity index (χ3v) is 7.56. The number of carbonyl (C=O) groups excluding carboxylic acids is 1. The van der Waals surface area contributed by atoms with Crippen LogP contribution in [0.15, 0.2) is 78.9 Å². The van der Waals surface area contributed by atoms with Gasteiger partial charge in [0.2, 0.25) is 0 Å². The predicted octanol–water partition coefficient (Wildman–Crippen LogP) is 7.23. The van der Waals surface area contributed by atoms with E-state index < -0.39 is 0 Å². The molecule has 0 aliphatic carbocycles. The van der Waals surface area contributed by atoms with Gasteiger partial charge >= 0.3 is 0 Å². The number of hydrogen-bond donors (Lipinski definition) is 0. The highest BCUT2D eigenvalue weighted by Crippen LogP contribution is 2.40. The Morgan fingerprint density at radius 1 is 0.812 bits per heavy atom. The third kappa shape index (κ3) is 5.43. The van der Waals surface area contributed by atoms with Crippen LogP contribution in [-0.4, -0.2) is 30.3 Å². The molecule has 0 amide bonds. The van der Waals surface area contributed by atoms with Crippen LogP contribution < -0.4 is 0 Å². The summed E-state index contributed by atoms with van der Waals surface area (Å²) in [5.41, 5.74) is 3.21. The van der Waals surface area contributed by atoms with E-state index in [1.165, 1.54) is 11.1 Å². The first kappa shape index (κ1) is 23.0. The van der Waals surface area contributed by atoms with Crippen LogP contribution >= 0.6 is 23.2 Å². The lowest BCUT2D eigenvalue weighted by Crippen LogP contribution is -2.43. The van der Waals surface area contributed by atoms with Crippen molar-refractivity contribution in [1.29, 1.82) is 0 Å². The molecule has 4 heteroatoms. The molecule has 4 rings (SSSR count). The number of nitrogens with zero attached hydrogens (tertiary/aromatic N) is 1. The molecule has 0 radical (unpaired) electrons. The van der Waals surface area contributed by atoms with Gasteiger partial charge in [-0.2, -0.15) is 0 Å². The summed E-state index contributed by atoms with van der Waals surface area (Å²) in [5.74, 6) is 0.132. The van der Waals surface area contributed by atoms with Crippen LogP contribution in [0, 0.1) is 0 Å². The molecule has 1 fully saturated rings. The van der Waals surface area contributed by atoms with Crippen molar-refractivity contribution in [2.75, 3.05) is 19.6 Å². The summed E-state index contributed by atoms with van der Waals surface area (Å²) in [6, 6.07) is 26.2. The van der Waals surface area contributed by atoms with E-state index in [9.17, 15) is 4.79 Å². The number of rotatable bonds is 8. The lowest BCUT2D eigenvalue weighted by molar-refractivity contribution is 0.0947. The first-order valence-electron chi connectivity index (χ1n) is 11.4. The van der Waals surface area contributed by atoms with Gasteiger partial charge in [-0.25, -0.2) is 0 Å². The molecule has 1 heterocycles. The van der Waals surface area contributed by atoms with Crippen LogP contribution in [0.3, 0.4) is 0 Å². The zero-order valence-corrected chi connectivity index (χ0v) is 19.8. The Hall–Kier alpha value is -2.13. The van der Waals surface area contributed by atoms with Gasteiger partial charge in [0.1, 0.15) is 0 Å². The zero-order valence-electron chi connectivity index (χ0n) is 18.3. The zero-order chi connectivity index (χ0) is 22.4. The minimum atomic E-state index is 0.0269. The second-order valence-corrected chi connectivity index (χ2v) is 9.55. The molecule has 0 spiro atoms. The second-order valence-electron chi connectivity index (χ2n) is 8.73.